The summed E-state index contributed by atoms with van der Waals surface area (Å²) in [4.78, 5) is 36.3. The van der Waals surface area contributed by atoms with E-state index >= 15 is 0 Å². The number of carbonyl (C=O) groups is 3. The number of hydrogen-bond acceptors (Lipinski definition) is 9. The van der Waals surface area contributed by atoms with Crippen molar-refractivity contribution in [3.8, 4) is 5.75 Å². The maximum absolute atomic E-state index is 12.2. The fraction of sp³-hybridized carbons (Fsp3) is 0.350. The Labute approximate surface area is 172 Å². The summed E-state index contributed by atoms with van der Waals surface area (Å²) in [5.41, 5.74) is 6.93. The van der Waals surface area contributed by atoms with Gasteiger partial charge in [0.1, 0.15) is 27.8 Å². The molecule has 0 saturated carbocycles. The summed E-state index contributed by atoms with van der Waals surface area (Å²) in [7, 11) is 2.39. The lowest BCUT2D eigenvalue weighted by molar-refractivity contribution is -0.147. The Morgan fingerprint density at radius 3 is 2.34 bits per heavy atom. The third-order valence-electron chi connectivity index (χ3n) is 4.06. The smallest absolute Gasteiger partial charge is 0.348 e. The minimum atomic E-state index is -0.734. The summed E-state index contributed by atoms with van der Waals surface area (Å²) in [5.74, 6) is -1.28. The van der Waals surface area contributed by atoms with Gasteiger partial charge in [-0.3, -0.25) is 0 Å². The maximum Gasteiger partial charge on any atom is 0.348 e. The van der Waals surface area contributed by atoms with E-state index in [9.17, 15) is 14.4 Å². The second-order valence-electron chi connectivity index (χ2n) is 6.27. The fourth-order valence-electron chi connectivity index (χ4n) is 2.63. The van der Waals surface area contributed by atoms with Crippen LogP contribution in [0.5, 0.6) is 5.75 Å². The number of para-hydroxylation sites is 1. The average molecular weight is 421 g/mol. The molecular weight excluding hydrogens is 398 g/mol. The number of benzene rings is 1. The molecule has 29 heavy (non-hydrogen) atoms. The number of rotatable bonds is 8. The quantitative estimate of drug-likeness (QED) is 0.511. The molecule has 0 radical (unpaired) electrons. The number of nitrogen functional groups attached to an aromatic ring is 1. The van der Waals surface area contributed by atoms with Crippen LogP contribution in [0.3, 0.4) is 0 Å². The van der Waals surface area contributed by atoms with Gasteiger partial charge in [-0.15, -0.1) is 11.3 Å². The van der Waals surface area contributed by atoms with Crippen LogP contribution in [0.25, 0.3) is 0 Å². The molecule has 2 N–H and O–H groups in total. The molecule has 0 saturated heterocycles. The number of anilines is 1. The first kappa shape index (κ1) is 22.2. The Balaban J connectivity index is 2.12. The number of esters is 3. The van der Waals surface area contributed by atoms with Crippen LogP contribution in [0.2, 0.25) is 0 Å². The van der Waals surface area contributed by atoms with E-state index in [1.807, 2.05) is 32.0 Å². The summed E-state index contributed by atoms with van der Waals surface area (Å²) in [6.45, 7) is 3.36. The van der Waals surface area contributed by atoms with Gasteiger partial charge in [-0.1, -0.05) is 32.0 Å². The molecule has 0 bridgehead atoms. The highest BCUT2D eigenvalue weighted by molar-refractivity contribution is 7.18. The van der Waals surface area contributed by atoms with Crippen molar-refractivity contribution in [3.05, 3.63) is 45.8 Å². The van der Waals surface area contributed by atoms with Gasteiger partial charge in [-0.2, -0.15) is 0 Å². The van der Waals surface area contributed by atoms with Crippen LogP contribution >= 0.6 is 11.3 Å². The molecule has 0 spiro atoms. The summed E-state index contributed by atoms with van der Waals surface area (Å²) >= 11 is 0.864. The normalized spacial score (nSPS) is 10.5. The monoisotopic (exact) mass is 421 g/mol. The molecule has 1 aromatic carbocycles. The van der Waals surface area contributed by atoms with Gasteiger partial charge in [0.25, 0.3) is 0 Å². The van der Waals surface area contributed by atoms with Gasteiger partial charge in [-0.25, -0.2) is 14.4 Å². The molecule has 0 aliphatic carbocycles. The zero-order valence-corrected chi connectivity index (χ0v) is 17.5. The van der Waals surface area contributed by atoms with Gasteiger partial charge in [0.2, 0.25) is 0 Å². The van der Waals surface area contributed by atoms with Gasteiger partial charge in [0.15, 0.2) is 6.61 Å². The van der Waals surface area contributed by atoms with E-state index in [1.54, 1.807) is 6.07 Å². The van der Waals surface area contributed by atoms with Crippen LogP contribution in [0.1, 0.15) is 50.9 Å². The van der Waals surface area contributed by atoms with E-state index < -0.39 is 17.9 Å². The molecule has 1 heterocycles. The first-order valence-electron chi connectivity index (χ1n) is 8.75. The van der Waals surface area contributed by atoms with E-state index in [4.69, 9.17) is 24.7 Å². The Bertz CT molecular complexity index is 904. The lowest BCUT2D eigenvalue weighted by Crippen LogP contribution is -2.17. The van der Waals surface area contributed by atoms with Crippen molar-refractivity contribution >= 4 is 34.2 Å². The number of hydrogen-bond donors (Lipinski definition) is 1. The third-order valence-corrected chi connectivity index (χ3v) is 5.10. The lowest BCUT2D eigenvalue weighted by Gasteiger charge is -2.13. The molecule has 0 amide bonds. The van der Waals surface area contributed by atoms with Gasteiger partial charge >= 0.3 is 17.9 Å². The molecule has 2 aromatic rings. The molecule has 0 aliphatic heterocycles. The Morgan fingerprint density at radius 1 is 1.07 bits per heavy atom. The highest BCUT2D eigenvalue weighted by Gasteiger charge is 2.28. The number of ether oxygens (including phenoxy) is 4. The molecule has 2 rings (SSSR count). The van der Waals surface area contributed by atoms with Crippen LogP contribution < -0.4 is 10.5 Å². The molecule has 9 heteroatoms. The van der Waals surface area contributed by atoms with Crippen molar-refractivity contribution in [2.75, 3.05) is 26.6 Å². The van der Waals surface area contributed by atoms with E-state index in [1.165, 1.54) is 14.2 Å². The molecule has 0 fully saturated rings. The SMILES string of the molecule is COC(=O)c1sc(N)c(C(=O)OC)c1COC(=O)COc1ccccc1C(C)C. The van der Waals surface area contributed by atoms with Crippen LogP contribution in [-0.2, 0) is 25.6 Å². The first-order valence-corrected chi connectivity index (χ1v) is 9.56. The standard InChI is InChI=1S/C20H23NO7S/c1-11(2)12-7-5-6-8-14(12)27-10-15(22)28-9-13-16(19(23)25-3)18(21)29-17(13)20(24)26-4/h5-8,11H,9-10,21H2,1-4H3. The molecular formula is C20H23NO7S. The summed E-state index contributed by atoms with van der Waals surface area (Å²) in [6, 6.07) is 7.40. The van der Waals surface area contributed by atoms with E-state index in [0.717, 1.165) is 16.9 Å². The van der Waals surface area contributed by atoms with Crippen LogP contribution in [-0.4, -0.2) is 38.7 Å². The van der Waals surface area contributed by atoms with Crippen molar-refractivity contribution in [2.24, 2.45) is 0 Å². The molecule has 1 aromatic heterocycles. The van der Waals surface area contributed by atoms with E-state index in [2.05, 4.69) is 0 Å². The van der Waals surface area contributed by atoms with Crippen molar-refractivity contribution in [1.29, 1.82) is 0 Å². The van der Waals surface area contributed by atoms with Gasteiger partial charge in [0.05, 0.1) is 14.2 Å². The van der Waals surface area contributed by atoms with Gasteiger partial charge < -0.3 is 24.7 Å². The summed E-state index contributed by atoms with van der Waals surface area (Å²) < 4.78 is 20.2. The van der Waals surface area contributed by atoms with Crippen molar-refractivity contribution in [2.45, 2.75) is 26.4 Å². The molecule has 0 atom stereocenters. The zero-order chi connectivity index (χ0) is 21.6. The molecule has 0 aliphatic rings. The zero-order valence-electron chi connectivity index (χ0n) is 16.6. The molecule has 0 unspecified atom stereocenters. The molecule has 156 valence electrons. The predicted octanol–water partition coefficient (Wildman–Crippen LogP) is 3.15. The van der Waals surface area contributed by atoms with Gasteiger partial charge in [0, 0.05) is 5.56 Å². The first-order chi connectivity index (χ1) is 13.8. The van der Waals surface area contributed by atoms with Crippen molar-refractivity contribution < 1.29 is 33.3 Å². The lowest BCUT2D eigenvalue weighted by atomic mass is 10.0. The van der Waals surface area contributed by atoms with Crippen LogP contribution in [0.15, 0.2) is 24.3 Å². The maximum atomic E-state index is 12.2. The predicted molar refractivity (Wildman–Crippen MR) is 107 cm³/mol. The highest BCUT2D eigenvalue weighted by Crippen LogP contribution is 2.33. The number of nitrogens with two attached hydrogens (primary N) is 1. The summed E-state index contributed by atoms with van der Waals surface area (Å²) in [5, 5.41) is 0.0745. The largest absolute Gasteiger partial charge is 0.482 e. The van der Waals surface area contributed by atoms with E-state index in [-0.39, 0.29) is 40.1 Å². The minimum absolute atomic E-state index is 0.0169. The van der Waals surface area contributed by atoms with E-state index in [0.29, 0.717) is 5.75 Å². The average Bonchev–Trinajstić information content (AvgIpc) is 3.05. The summed E-state index contributed by atoms with van der Waals surface area (Å²) in [6.07, 6.45) is 0. The second kappa shape index (κ2) is 9.92. The Kier molecular flexibility index (Phi) is 7.60. The number of thiophene rings is 1. The highest BCUT2D eigenvalue weighted by atomic mass is 32.1. The van der Waals surface area contributed by atoms with Crippen molar-refractivity contribution in [3.63, 3.8) is 0 Å². The van der Waals surface area contributed by atoms with Crippen LogP contribution in [0, 0.1) is 0 Å². The fourth-order valence-corrected chi connectivity index (χ4v) is 3.61. The Hall–Kier alpha value is -3.07. The van der Waals surface area contributed by atoms with Crippen LogP contribution in [0.4, 0.5) is 5.00 Å². The van der Waals surface area contributed by atoms with Gasteiger partial charge in [-0.05, 0) is 17.5 Å². The van der Waals surface area contributed by atoms with Crippen molar-refractivity contribution in [1.82, 2.24) is 0 Å². The topological polar surface area (TPSA) is 114 Å². The number of carbonyl (C=O) groups excluding carboxylic acids is 3. The minimum Gasteiger partial charge on any atom is -0.482 e. The third kappa shape index (κ3) is 5.26. The Morgan fingerprint density at radius 2 is 1.72 bits per heavy atom. The molecule has 8 nitrogen and oxygen atoms in total. The number of methoxy groups -OCH3 is 2. The second-order valence-corrected chi connectivity index (χ2v) is 7.33.